The van der Waals surface area contributed by atoms with E-state index in [2.05, 4.69) is 4.99 Å². The number of thioether (sulfide) groups is 1. The lowest BCUT2D eigenvalue weighted by molar-refractivity contribution is -0.141. The lowest BCUT2D eigenvalue weighted by Gasteiger charge is -2.06. The van der Waals surface area contributed by atoms with Gasteiger partial charge in [-0.25, -0.2) is 0 Å². The van der Waals surface area contributed by atoms with Gasteiger partial charge in [0.05, 0.1) is 29.5 Å². The number of nitrogens with zero attached hydrogens (tertiary/aromatic N) is 2. The standard InChI is InChI=1S/C21H22N2O4S2/c1-4-27-14-10-11-16-18(12-14)29-21(23(16)13-19(24)26-3)22-20(25)15-8-6-7-9-17(15)28-5-2/h6-12H,4-5,13H2,1-3H3. The van der Waals surface area contributed by atoms with Crippen LogP contribution in [0, 0.1) is 0 Å². The normalized spacial score (nSPS) is 11.6. The summed E-state index contributed by atoms with van der Waals surface area (Å²) in [6.45, 7) is 4.49. The Labute approximate surface area is 177 Å². The van der Waals surface area contributed by atoms with Crippen LogP contribution < -0.4 is 9.54 Å². The van der Waals surface area contributed by atoms with E-state index in [1.54, 1.807) is 22.4 Å². The predicted octanol–water partition coefficient (Wildman–Crippen LogP) is 4.13. The first-order valence-corrected chi connectivity index (χ1v) is 11.0. The molecule has 1 aromatic heterocycles. The van der Waals surface area contributed by atoms with Gasteiger partial charge >= 0.3 is 5.97 Å². The Kier molecular flexibility index (Phi) is 7.11. The molecule has 8 heteroatoms. The van der Waals surface area contributed by atoms with Gasteiger partial charge in [0.15, 0.2) is 4.80 Å². The second-order valence-electron chi connectivity index (χ2n) is 5.96. The van der Waals surface area contributed by atoms with Gasteiger partial charge in [0.25, 0.3) is 5.91 Å². The number of carbonyl (C=O) groups excluding carboxylic acids is 2. The molecule has 0 bridgehead atoms. The zero-order valence-corrected chi connectivity index (χ0v) is 18.1. The van der Waals surface area contributed by atoms with E-state index < -0.39 is 5.97 Å². The smallest absolute Gasteiger partial charge is 0.325 e. The van der Waals surface area contributed by atoms with E-state index in [4.69, 9.17) is 9.47 Å². The summed E-state index contributed by atoms with van der Waals surface area (Å²) in [7, 11) is 1.34. The van der Waals surface area contributed by atoms with Crippen LogP contribution in [0.4, 0.5) is 0 Å². The summed E-state index contributed by atoms with van der Waals surface area (Å²) >= 11 is 2.94. The second kappa shape index (κ2) is 9.76. The Morgan fingerprint density at radius 2 is 1.97 bits per heavy atom. The van der Waals surface area contributed by atoms with Crippen molar-refractivity contribution in [2.24, 2.45) is 4.99 Å². The maximum atomic E-state index is 12.9. The van der Waals surface area contributed by atoms with Crippen molar-refractivity contribution >= 4 is 45.2 Å². The van der Waals surface area contributed by atoms with Crippen molar-refractivity contribution in [2.75, 3.05) is 19.5 Å². The molecule has 3 rings (SSSR count). The van der Waals surface area contributed by atoms with E-state index in [0.717, 1.165) is 26.6 Å². The van der Waals surface area contributed by atoms with Gasteiger partial charge < -0.3 is 14.0 Å². The van der Waals surface area contributed by atoms with Crippen molar-refractivity contribution in [1.82, 2.24) is 4.57 Å². The van der Waals surface area contributed by atoms with E-state index in [0.29, 0.717) is 17.0 Å². The van der Waals surface area contributed by atoms with Crippen LogP contribution in [0.3, 0.4) is 0 Å². The number of carbonyl (C=O) groups is 2. The number of fused-ring (bicyclic) bond motifs is 1. The average molecular weight is 431 g/mol. The third-order valence-electron chi connectivity index (χ3n) is 4.09. The molecule has 1 heterocycles. The first-order valence-electron chi connectivity index (χ1n) is 9.21. The number of esters is 1. The lowest BCUT2D eigenvalue weighted by atomic mass is 10.2. The molecule has 0 saturated carbocycles. The fourth-order valence-electron chi connectivity index (χ4n) is 2.81. The summed E-state index contributed by atoms with van der Waals surface area (Å²) in [5.74, 6) is 0.843. The van der Waals surface area contributed by atoms with Crippen molar-refractivity contribution in [3.05, 3.63) is 52.8 Å². The zero-order chi connectivity index (χ0) is 20.8. The fourth-order valence-corrected chi connectivity index (χ4v) is 4.67. The molecular formula is C21H22N2O4S2. The van der Waals surface area contributed by atoms with Crippen LogP contribution in [0.15, 0.2) is 52.4 Å². The Bertz CT molecular complexity index is 1100. The number of amides is 1. The number of aromatic nitrogens is 1. The predicted molar refractivity (Wildman–Crippen MR) is 116 cm³/mol. The monoisotopic (exact) mass is 430 g/mol. The van der Waals surface area contributed by atoms with Gasteiger partial charge in [0.1, 0.15) is 12.3 Å². The van der Waals surface area contributed by atoms with Gasteiger partial charge in [0, 0.05) is 4.90 Å². The molecule has 0 radical (unpaired) electrons. The molecule has 0 aliphatic heterocycles. The van der Waals surface area contributed by atoms with Crippen molar-refractivity contribution in [1.29, 1.82) is 0 Å². The van der Waals surface area contributed by atoms with Gasteiger partial charge in [0.2, 0.25) is 0 Å². The van der Waals surface area contributed by atoms with E-state index >= 15 is 0 Å². The minimum Gasteiger partial charge on any atom is -0.494 e. The van der Waals surface area contributed by atoms with E-state index in [1.807, 2.05) is 50.2 Å². The molecule has 0 saturated heterocycles. The molecule has 152 valence electrons. The summed E-state index contributed by atoms with van der Waals surface area (Å²) in [5.41, 5.74) is 1.35. The summed E-state index contributed by atoms with van der Waals surface area (Å²) < 4.78 is 13.0. The summed E-state index contributed by atoms with van der Waals surface area (Å²) in [5, 5.41) is 0. The number of methoxy groups -OCH3 is 1. The van der Waals surface area contributed by atoms with E-state index in [-0.39, 0.29) is 12.5 Å². The van der Waals surface area contributed by atoms with Crippen LogP contribution in [0.1, 0.15) is 24.2 Å². The second-order valence-corrected chi connectivity index (χ2v) is 8.27. The maximum Gasteiger partial charge on any atom is 0.325 e. The molecule has 2 aromatic carbocycles. The highest BCUT2D eigenvalue weighted by atomic mass is 32.2. The topological polar surface area (TPSA) is 69.9 Å². The summed E-state index contributed by atoms with van der Waals surface area (Å²) in [6.07, 6.45) is 0. The lowest BCUT2D eigenvalue weighted by Crippen LogP contribution is -2.22. The first-order chi connectivity index (χ1) is 14.1. The highest BCUT2D eigenvalue weighted by Crippen LogP contribution is 2.25. The van der Waals surface area contributed by atoms with Crippen LogP contribution in [0.25, 0.3) is 10.2 Å². The molecule has 0 aliphatic carbocycles. The number of benzene rings is 2. The molecule has 1 amide bonds. The molecule has 29 heavy (non-hydrogen) atoms. The van der Waals surface area contributed by atoms with Crippen LogP contribution in [-0.4, -0.2) is 35.9 Å². The minimum absolute atomic E-state index is 0.0258. The first kappa shape index (κ1) is 21.1. The maximum absolute atomic E-state index is 12.9. The van der Waals surface area contributed by atoms with E-state index in [9.17, 15) is 9.59 Å². The van der Waals surface area contributed by atoms with Gasteiger partial charge in [-0.15, -0.1) is 11.8 Å². The van der Waals surface area contributed by atoms with Crippen molar-refractivity contribution in [3.63, 3.8) is 0 Å². The highest BCUT2D eigenvalue weighted by molar-refractivity contribution is 7.99. The number of rotatable bonds is 7. The van der Waals surface area contributed by atoms with Crippen molar-refractivity contribution < 1.29 is 19.1 Å². The number of ether oxygens (including phenoxy) is 2. The molecule has 0 atom stereocenters. The molecule has 0 N–H and O–H groups in total. The Hall–Kier alpha value is -2.58. The Morgan fingerprint density at radius 1 is 1.17 bits per heavy atom. The number of hydrogen-bond donors (Lipinski definition) is 0. The molecular weight excluding hydrogens is 408 g/mol. The SMILES string of the molecule is CCOc1ccc2c(c1)sc(=NC(=O)c1ccccc1SCC)n2CC(=O)OC. The third kappa shape index (κ3) is 4.89. The summed E-state index contributed by atoms with van der Waals surface area (Å²) in [6, 6.07) is 13.0. The van der Waals surface area contributed by atoms with Crippen LogP contribution in [0.2, 0.25) is 0 Å². The largest absolute Gasteiger partial charge is 0.494 e. The van der Waals surface area contributed by atoms with Gasteiger partial charge in [-0.3, -0.25) is 9.59 Å². The molecule has 6 nitrogen and oxygen atoms in total. The van der Waals surface area contributed by atoms with Crippen molar-refractivity contribution in [3.8, 4) is 5.75 Å². The molecule has 0 aliphatic rings. The van der Waals surface area contributed by atoms with Gasteiger partial charge in [-0.2, -0.15) is 4.99 Å². The average Bonchev–Trinajstić information content (AvgIpc) is 3.05. The minimum atomic E-state index is -0.408. The number of thiazole rings is 1. The van der Waals surface area contributed by atoms with Crippen LogP contribution in [0.5, 0.6) is 5.75 Å². The van der Waals surface area contributed by atoms with E-state index in [1.165, 1.54) is 18.4 Å². The number of hydrogen-bond acceptors (Lipinski definition) is 6. The summed E-state index contributed by atoms with van der Waals surface area (Å²) in [4.78, 5) is 30.6. The zero-order valence-electron chi connectivity index (χ0n) is 16.5. The van der Waals surface area contributed by atoms with Crippen molar-refractivity contribution in [2.45, 2.75) is 25.3 Å². The quantitative estimate of drug-likeness (QED) is 0.416. The van der Waals surface area contributed by atoms with Gasteiger partial charge in [-0.05, 0) is 43.0 Å². The van der Waals surface area contributed by atoms with Crippen LogP contribution in [-0.2, 0) is 16.1 Å². The molecule has 0 spiro atoms. The molecule has 3 aromatic rings. The van der Waals surface area contributed by atoms with Crippen LogP contribution >= 0.6 is 23.1 Å². The molecule has 0 fully saturated rings. The van der Waals surface area contributed by atoms with Gasteiger partial charge in [-0.1, -0.05) is 30.4 Å². The molecule has 0 unspecified atom stereocenters. The Morgan fingerprint density at radius 3 is 2.69 bits per heavy atom. The third-order valence-corrected chi connectivity index (χ3v) is 6.09. The fraction of sp³-hybridized carbons (Fsp3) is 0.286. The Balaban J connectivity index is 2.12. The highest BCUT2D eigenvalue weighted by Gasteiger charge is 2.15.